The summed E-state index contributed by atoms with van der Waals surface area (Å²) >= 11 is 0. The summed E-state index contributed by atoms with van der Waals surface area (Å²) in [6.07, 6.45) is 4.53. The highest BCUT2D eigenvalue weighted by Gasteiger charge is 2.28. The van der Waals surface area contributed by atoms with Gasteiger partial charge in [-0.2, -0.15) is 10.1 Å². The summed E-state index contributed by atoms with van der Waals surface area (Å²) in [7, 11) is 0. The smallest absolute Gasteiger partial charge is 0.328 e. The van der Waals surface area contributed by atoms with Gasteiger partial charge in [0.1, 0.15) is 0 Å². The number of piperidine rings is 1. The molecule has 0 aliphatic carbocycles. The fourth-order valence-electron chi connectivity index (χ4n) is 8.90. The Morgan fingerprint density at radius 3 is 2.24 bits per heavy atom. The highest BCUT2D eigenvalue weighted by molar-refractivity contribution is 6.06. The molecule has 3 saturated heterocycles. The number of piperazine rings is 1. The molecule has 6 heterocycles. The number of benzene rings is 3. The van der Waals surface area contributed by atoms with Crippen molar-refractivity contribution in [1.29, 1.82) is 0 Å². The molecule has 1 atom stereocenters. The zero-order valence-electron chi connectivity index (χ0n) is 36.6. The van der Waals surface area contributed by atoms with Crippen molar-refractivity contribution in [3.63, 3.8) is 0 Å². The molecule has 15 heteroatoms. The number of aromatic amines is 1. The molecule has 0 saturated carbocycles. The third-order valence-electron chi connectivity index (χ3n) is 12.7. The van der Waals surface area contributed by atoms with Crippen LogP contribution < -0.4 is 25.3 Å². The van der Waals surface area contributed by atoms with Gasteiger partial charge in [-0.1, -0.05) is 62.3 Å². The van der Waals surface area contributed by atoms with Crippen LogP contribution in [0, 0.1) is 12.8 Å². The standard InChI is InChI=1S/C48H55N11O4/c1-30-26-38(14-15-40(30)59-21-18-41(60)51-47(59)62)57-19-16-32(17-20-57)29-56-22-24-58(25-23-56)37-12-10-34(11-13-37)36-27-39-42(53-54-43(39)49-28-36)35-8-6-33(7-9-35)31(2)50-44(61)45-52-46(55-63-45)48(3,4)5/h6-15,26-28,31-32H,16-25,29H2,1-5H3,(H,50,61)(H,49,53,54)(H,51,60,62)/t31-/m1/s1. The van der Waals surface area contributed by atoms with Gasteiger partial charge >= 0.3 is 17.8 Å². The van der Waals surface area contributed by atoms with E-state index in [0.717, 1.165) is 103 Å². The van der Waals surface area contributed by atoms with Crippen molar-refractivity contribution in [3.05, 3.63) is 102 Å². The number of anilines is 3. The van der Waals surface area contributed by atoms with Gasteiger partial charge in [-0.25, -0.2) is 9.78 Å². The maximum Gasteiger partial charge on any atom is 0.328 e. The molecule has 3 fully saturated rings. The second-order valence-electron chi connectivity index (χ2n) is 18.2. The maximum absolute atomic E-state index is 12.8. The van der Waals surface area contributed by atoms with Gasteiger partial charge in [0.15, 0.2) is 11.5 Å². The predicted molar refractivity (Wildman–Crippen MR) is 244 cm³/mol. The largest absolute Gasteiger partial charge is 0.372 e. The lowest BCUT2D eigenvalue weighted by Gasteiger charge is -2.40. The van der Waals surface area contributed by atoms with Crippen molar-refractivity contribution in [2.45, 2.75) is 65.3 Å². The molecule has 15 nitrogen and oxygen atoms in total. The van der Waals surface area contributed by atoms with Gasteiger partial charge in [0, 0.05) is 104 Å². The van der Waals surface area contributed by atoms with E-state index in [2.05, 4.69) is 88.1 Å². The van der Waals surface area contributed by atoms with E-state index >= 15 is 0 Å². The quantitative estimate of drug-likeness (QED) is 0.127. The number of nitrogens with one attached hydrogen (secondary N) is 3. The van der Waals surface area contributed by atoms with E-state index in [9.17, 15) is 14.4 Å². The van der Waals surface area contributed by atoms with Crippen LogP contribution in [0.4, 0.5) is 21.9 Å². The van der Waals surface area contributed by atoms with Crippen LogP contribution in [-0.4, -0.2) is 100 Å². The molecule has 9 rings (SSSR count). The number of urea groups is 1. The van der Waals surface area contributed by atoms with E-state index in [0.29, 0.717) is 30.4 Å². The lowest BCUT2D eigenvalue weighted by Crippen LogP contribution is -2.49. The van der Waals surface area contributed by atoms with Crippen LogP contribution in [0.25, 0.3) is 33.4 Å². The highest BCUT2D eigenvalue weighted by atomic mass is 16.5. The van der Waals surface area contributed by atoms with Crippen LogP contribution in [0.3, 0.4) is 0 Å². The van der Waals surface area contributed by atoms with E-state index in [1.54, 1.807) is 4.90 Å². The van der Waals surface area contributed by atoms with Crippen molar-refractivity contribution < 1.29 is 18.9 Å². The number of carbonyl (C=O) groups is 3. The monoisotopic (exact) mass is 849 g/mol. The molecular formula is C48H55N11O4. The Morgan fingerprint density at radius 1 is 0.857 bits per heavy atom. The number of hydrogen-bond acceptors (Lipinski definition) is 11. The number of carbonyl (C=O) groups excluding carboxylic acids is 3. The van der Waals surface area contributed by atoms with Gasteiger partial charge in [0.25, 0.3) is 0 Å². The van der Waals surface area contributed by atoms with Gasteiger partial charge in [0.05, 0.1) is 11.7 Å². The predicted octanol–water partition coefficient (Wildman–Crippen LogP) is 7.26. The number of amides is 4. The molecule has 3 N–H and O–H groups in total. The molecule has 326 valence electrons. The Labute approximate surface area is 367 Å². The summed E-state index contributed by atoms with van der Waals surface area (Å²) in [5.41, 5.74) is 9.58. The number of pyridine rings is 1. The minimum absolute atomic E-state index is 0.0473. The van der Waals surface area contributed by atoms with E-state index < -0.39 is 5.91 Å². The highest BCUT2D eigenvalue weighted by Crippen LogP contribution is 2.33. The molecule has 3 aliphatic heterocycles. The van der Waals surface area contributed by atoms with E-state index in [1.807, 2.05) is 71.1 Å². The lowest BCUT2D eigenvalue weighted by atomic mass is 9.95. The van der Waals surface area contributed by atoms with E-state index in [4.69, 9.17) is 9.51 Å². The molecule has 3 aliphatic rings. The van der Waals surface area contributed by atoms with Crippen molar-refractivity contribution in [1.82, 2.24) is 40.9 Å². The first-order chi connectivity index (χ1) is 30.4. The number of rotatable bonds is 10. The van der Waals surface area contributed by atoms with Gasteiger partial charge < -0.3 is 19.6 Å². The molecule has 4 amide bonds. The van der Waals surface area contributed by atoms with Gasteiger partial charge in [-0.15, -0.1) is 0 Å². The minimum Gasteiger partial charge on any atom is -0.372 e. The topological polar surface area (TPSA) is 169 Å². The van der Waals surface area contributed by atoms with Crippen molar-refractivity contribution in [2.75, 3.05) is 67.1 Å². The Balaban J connectivity index is 0.760. The lowest BCUT2D eigenvalue weighted by molar-refractivity contribution is -0.120. The van der Waals surface area contributed by atoms with Crippen LogP contribution >= 0.6 is 0 Å². The second-order valence-corrected chi connectivity index (χ2v) is 18.2. The summed E-state index contributed by atoms with van der Waals surface area (Å²) in [4.78, 5) is 55.1. The number of hydrogen-bond donors (Lipinski definition) is 3. The van der Waals surface area contributed by atoms with Crippen LogP contribution in [0.2, 0.25) is 0 Å². The Bertz CT molecular complexity index is 2620. The number of nitrogens with zero attached hydrogens (tertiary/aromatic N) is 8. The number of aromatic nitrogens is 5. The molecule has 3 aromatic carbocycles. The average Bonchev–Trinajstić information content (AvgIpc) is 3.96. The molecule has 0 unspecified atom stereocenters. The SMILES string of the molecule is Cc1cc(N2CCC(CN3CCN(c4ccc(-c5cnc6n[nH]c(-c7ccc([C@@H](C)NC(=O)c8nc(C(C)(C)C)no8)cc7)c6c5)cc4)CC3)CC2)ccc1N1CCC(=O)NC1=O. The van der Waals surface area contributed by atoms with Gasteiger partial charge in [0.2, 0.25) is 5.91 Å². The van der Waals surface area contributed by atoms with Crippen LogP contribution in [-0.2, 0) is 10.2 Å². The molecular weight excluding hydrogens is 795 g/mol. The fourth-order valence-corrected chi connectivity index (χ4v) is 8.90. The molecule has 6 aromatic rings. The average molecular weight is 850 g/mol. The zero-order chi connectivity index (χ0) is 43.8. The Morgan fingerprint density at radius 2 is 1.56 bits per heavy atom. The third-order valence-corrected chi connectivity index (χ3v) is 12.7. The Hall–Kier alpha value is -6.61. The number of aryl methyl sites for hydroxylation is 1. The summed E-state index contributed by atoms with van der Waals surface area (Å²) in [5, 5.41) is 18.0. The van der Waals surface area contributed by atoms with Crippen LogP contribution in [0.15, 0.2) is 83.5 Å². The third kappa shape index (κ3) is 9.01. The summed E-state index contributed by atoms with van der Waals surface area (Å²) in [6, 6.07) is 24.7. The van der Waals surface area contributed by atoms with Crippen molar-refractivity contribution >= 4 is 45.9 Å². The first-order valence-corrected chi connectivity index (χ1v) is 22.0. The minimum atomic E-state index is -0.409. The summed E-state index contributed by atoms with van der Waals surface area (Å²) in [6.45, 7) is 17.6. The maximum atomic E-state index is 12.8. The first-order valence-electron chi connectivity index (χ1n) is 22.0. The van der Waals surface area contributed by atoms with Crippen molar-refractivity contribution in [2.24, 2.45) is 5.92 Å². The van der Waals surface area contributed by atoms with E-state index in [1.165, 1.54) is 11.4 Å². The summed E-state index contributed by atoms with van der Waals surface area (Å²) in [5.74, 6) is 0.495. The number of imide groups is 1. The first kappa shape index (κ1) is 41.7. The normalized spacial score (nSPS) is 17.3. The number of H-pyrrole nitrogens is 1. The van der Waals surface area contributed by atoms with Crippen LogP contribution in [0.1, 0.15) is 80.6 Å². The van der Waals surface area contributed by atoms with Crippen LogP contribution in [0.5, 0.6) is 0 Å². The van der Waals surface area contributed by atoms with Crippen molar-refractivity contribution in [3.8, 4) is 22.4 Å². The molecule has 0 radical (unpaired) electrons. The summed E-state index contributed by atoms with van der Waals surface area (Å²) < 4.78 is 5.22. The Kier molecular flexibility index (Phi) is 11.4. The number of fused-ring (bicyclic) bond motifs is 1. The van der Waals surface area contributed by atoms with E-state index in [-0.39, 0.29) is 29.3 Å². The van der Waals surface area contributed by atoms with Gasteiger partial charge in [-0.05, 0) is 85.7 Å². The molecule has 0 spiro atoms. The second kappa shape index (κ2) is 17.3. The zero-order valence-corrected chi connectivity index (χ0v) is 36.6. The molecule has 0 bridgehead atoms. The van der Waals surface area contributed by atoms with Gasteiger partial charge in [-0.3, -0.25) is 29.8 Å². The fraction of sp³-hybridized carbons (Fsp3) is 0.396. The molecule has 63 heavy (non-hydrogen) atoms. The molecule has 3 aromatic heterocycles.